The van der Waals surface area contributed by atoms with E-state index < -0.39 is 16.9 Å². The van der Waals surface area contributed by atoms with Crippen molar-refractivity contribution in [1.82, 2.24) is 0 Å². The van der Waals surface area contributed by atoms with E-state index in [1.807, 2.05) is 35.2 Å². The lowest BCUT2D eigenvalue weighted by Crippen LogP contribution is -2.72. The summed E-state index contributed by atoms with van der Waals surface area (Å²) < 4.78 is 6.24. The lowest BCUT2D eigenvalue weighted by atomic mass is 9.29. The van der Waals surface area contributed by atoms with E-state index in [4.69, 9.17) is 4.74 Å². The molecule has 6 nitrogen and oxygen atoms in total. The largest absolute Gasteiger partial charge is 0.478 e. The molecule has 2 aromatic rings. The molecule has 0 spiro atoms. The van der Waals surface area contributed by atoms with E-state index in [9.17, 15) is 19.5 Å². The second-order valence-electron chi connectivity index (χ2n) is 18.5. The lowest BCUT2D eigenvalue weighted by Gasteiger charge is -2.75. The Labute approximate surface area is 299 Å². The number of carbonyl (C=O) groups is 3. The van der Waals surface area contributed by atoms with Crippen LogP contribution in [0.1, 0.15) is 122 Å². The van der Waals surface area contributed by atoms with Crippen LogP contribution < -0.4 is 4.90 Å². The van der Waals surface area contributed by atoms with Gasteiger partial charge in [-0.2, -0.15) is 0 Å². The average molecular weight is 680 g/mol. The number of hydrogen-bond acceptors (Lipinski definition) is 4. The maximum Gasteiger partial charge on any atom is 0.335 e. The van der Waals surface area contributed by atoms with Gasteiger partial charge in [0.05, 0.1) is 11.0 Å². The Kier molecular flexibility index (Phi) is 8.09. The van der Waals surface area contributed by atoms with Gasteiger partial charge in [-0.05, 0) is 147 Å². The fraction of sp³-hybridized carbons (Fsp3) is 0.614. The van der Waals surface area contributed by atoms with Crippen molar-refractivity contribution in [2.24, 2.45) is 50.7 Å². The molecule has 1 amide bonds. The van der Waals surface area contributed by atoms with Gasteiger partial charge in [0.25, 0.3) is 0 Å². The zero-order chi connectivity index (χ0) is 36.1. The fourth-order valence-electron chi connectivity index (χ4n) is 13.8. The highest BCUT2D eigenvalue weighted by molar-refractivity contribution is 5.97. The number of benzene rings is 2. The van der Waals surface area contributed by atoms with Crippen molar-refractivity contribution in [2.75, 3.05) is 4.90 Å². The zero-order valence-corrected chi connectivity index (χ0v) is 31.3. The summed E-state index contributed by atoms with van der Waals surface area (Å²) in [5.74, 6) is 0.267. The molecule has 1 saturated heterocycles. The molecule has 5 fully saturated rings. The number of fused-ring (bicyclic) bond motifs is 7. The summed E-state index contributed by atoms with van der Waals surface area (Å²) in [6, 6.07) is 16.8. The van der Waals surface area contributed by atoms with Crippen LogP contribution in [-0.2, 0) is 20.9 Å². The minimum atomic E-state index is -0.964. The fourth-order valence-corrected chi connectivity index (χ4v) is 13.8. The Bertz CT molecular complexity index is 1720. The van der Waals surface area contributed by atoms with Crippen LogP contribution in [0.3, 0.4) is 0 Å². The Morgan fingerprint density at radius 1 is 0.840 bits per heavy atom. The molecule has 9 atom stereocenters. The van der Waals surface area contributed by atoms with Crippen LogP contribution in [0.5, 0.6) is 0 Å². The number of ether oxygens (including phenoxy) is 1. The number of rotatable bonds is 6. The van der Waals surface area contributed by atoms with Crippen molar-refractivity contribution in [3.8, 4) is 0 Å². The third-order valence-electron chi connectivity index (χ3n) is 16.3. The van der Waals surface area contributed by atoms with Gasteiger partial charge in [0, 0.05) is 17.6 Å². The number of aromatic carboxylic acids is 1. The zero-order valence-electron chi connectivity index (χ0n) is 31.3. The van der Waals surface area contributed by atoms with Crippen molar-refractivity contribution >= 4 is 23.5 Å². The number of esters is 1. The first-order valence-electron chi connectivity index (χ1n) is 19.0. The van der Waals surface area contributed by atoms with Crippen LogP contribution in [0, 0.1) is 50.7 Å². The molecule has 7 rings (SSSR count). The molecule has 6 heteroatoms. The summed E-state index contributed by atoms with van der Waals surface area (Å²) in [5, 5.41) is 9.48. The Hall–Kier alpha value is -3.41. The van der Waals surface area contributed by atoms with Crippen molar-refractivity contribution < 1.29 is 24.2 Å². The molecular weight excluding hydrogens is 622 g/mol. The maximum atomic E-state index is 14.4. The van der Waals surface area contributed by atoms with Crippen LogP contribution in [0.15, 0.2) is 66.7 Å². The number of carbonyl (C=O) groups excluding carboxylic acids is 2. The molecule has 0 bridgehead atoms. The highest BCUT2D eigenvalue weighted by atomic mass is 16.5. The summed E-state index contributed by atoms with van der Waals surface area (Å²) in [6.07, 6.45) is 8.34. The normalized spacial score (nSPS) is 40.1. The first kappa shape index (κ1) is 35.0. The van der Waals surface area contributed by atoms with E-state index in [0.29, 0.717) is 24.9 Å². The van der Waals surface area contributed by atoms with Crippen LogP contribution in [0.2, 0.25) is 0 Å². The van der Waals surface area contributed by atoms with Gasteiger partial charge in [0.1, 0.15) is 6.61 Å². The molecule has 5 aliphatic rings. The van der Waals surface area contributed by atoms with Crippen molar-refractivity contribution in [3.63, 3.8) is 0 Å². The minimum Gasteiger partial charge on any atom is -0.478 e. The van der Waals surface area contributed by atoms with Crippen LogP contribution in [0.4, 0.5) is 5.69 Å². The molecule has 4 saturated carbocycles. The molecule has 50 heavy (non-hydrogen) atoms. The van der Waals surface area contributed by atoms with Gasteiger partial charge in [-0.1, -0.05) is 70.2 Å². The molecule has 1 aliphatic heterocycles. The molecule has 4 aliphatic carbocycles. The van der Waals surface area contributed by atoms with Gasteiger partial charge in [-0.25, -0.2) is 4.79 Å². The van der Waals surface area contributed by atoms with E-state index in [-0.39, 0.29) is 50.9 Å². The van der Waals surface area contributed by atoms with E-state index in [1.165, 1.54) is 5.57 Å². The molecule has 2 aromatic carbocycles. The van der Waals surface area contributed by atoms with Gasteiger partial charge in [-0.3, -0.25) is 9.59 Å². The molecule has 0 unspecified atom stereocenters. The number of allylic oxidation sites excluding steroid dienone is 1. The summed E-state index contributed by atoms with van der Waals surface area (Å²) in [7, 11) is 0. The summed E-state index contributed by atoms with van der Waals surface area (Å²) >= 11 is 0. The van der Waals surface area contributed by atoms with Crippen LogP contribution in [-0.4, -0.2) is 28.5 Å². The third kappa shape index (κ3) is 4.61. The van der Waals surface area contributed by atoms with Crippen molar-refractivity contribution in [3.05, 3.63) is 77.9 Å². The second-order valence-corrected chi connectivity index (χ2v) is 18.5. The number of nitrogens with zero attached hydrogens (tertiary/aromatic N) is 1. The lowest BCUT2D eigenvalue weighted by molar-refractivity contribution is -0.265. The minimum absolute atomic E-state index is 0.00473. The molecule has 0 radical (unpaired) electrons. The molecule has 268 valence electrons. The third-order valence-corrected chi connectivity index (χ3v) is 16.3. The first-order valence-corrected chi connectivity index (χ1v) is 19.0. The van der Waals surface area contributed by atoms with Gasteiger partial charge >= 0.3 is 11.9 Å². The van der Waals surface area contributed by atoms with Gasteiger partial charge in [0.2, 0.25) is 5.91 Å². The average Bonchev–Trinajstić information content (AvgIpc) is 3.47. The summed E-state index contributed by atoms with van der Waals surface area (Å²) in [6.45, 7) is 21.5. The van der Waals surface area contributed by atoms with E-state index in [0.717, 1.165) is 62.6 Å². The SMILES string of the molecule is C=C(C)[C@@H]1CC[C@]2(C(=O)OCc3ccccc3)CC[C@@]3(C)[C@]4(C)CC[C@H]5C(C)(C)N(c6ccc(C(=O)O)cc6)C(=O)C[C@]5(C)[C@H]4CC[C@]3(C)[C@@H]12. The molecular formula is C44H57NO5. The topological polar surface area (TPSA) is 83.9 Å². The van der Waals surface area contributed by atoms with Gasteiger partial charge in [-0.15, -0.1) is 0 Å². The van der Waals surface area contributed by atoms with Crippen LogP contribution >= 0.6 is 0 Å². The highest BCUT2D eigenvalue weighted by Gasteiger charge is 2.76. The summed E-state index contributed by atoms with van der Waals surface area (Å²) in [4.78, 5) is 42.4. The smallest absolute Gasteiger partial charge is 0.335 e. The molecule has 1 heterocycles. The molecule has 0 aromatic heterocycles. The first-order chi connectivity index (χ1) is 23.5. The number of anilines is 1. The number of carboxylic acids is 1. The molecule has 1 N–H and O–H groups in total. The maximum absolute atomic E-state index is 14.4. The highest BCUT2D eigenvalue weighted by Crippen LogP contribution is 2.81. The van der Waals surface area contributed by atoms with Crippen LogP contribution in [0.25, 0.3) is 0 Å². The number of amides is 1. The van der Waals surface area contributed by atoms with Gasteiger partial charge in [0.15, 0.2) is 0 Å². The summed E-state index contributed by atoms with van der Waals surface area (Å²) in [5.41, 5.74) is 1.98. The number of carboxylic acid groups (broad SMARTS) is 1. The van der Waals surface area contributed by atoms with Crippen molar-refractivity contribution in [1.29, 1.82) is 0 Å². The monoisotopic (exact) mass is 679 g/mol. The Morgan fingerprint density at radius 3 is 2.12 bits per heavy atom. The number of piperidine rings is 1. The predicted octanol–water partition coefficient (Wildman–Crippen LogP) is 9.87. The number of hydrogen-bond donors (Lipinski definition) is 1. The second kappa shape index (κ2) is 11.5. The van der Waals surface area contributed by atoms with E-state index in [1.54, 1.807) is 24.3 Å². The predicted molar refractivity (Wildman–Crippen MR) is 196 cm³/mol. The van der Waals surface area contributed by atoms with E-state index >= 15 is 0 Å². The Balaban J connectivity index is 1.23. The van der Waals surface area contributed by atoms with E-state index in [2.05, 4.69) is 55.0 Å². The Morgan fingerprint density at radius 2 is 1.48 bits per heavy atom. The quantitative estimate of drug-likeness (QED) is 0.243. The van der Waals surface area contributed by atoms with Crippen molar-refractivity contribution in [2.45, 2.75) is 118 Å². The standard InChI is InChI=1S/C44H57NO5/c1-28(2)32-18-23-44(38(49)50-27-29-12-10-9-11-13-29)25-24-43(8)41(6)21-19-33-39(3,4)45(31-16-14-30(15-17-31)37(47)48)35(46)26-40(33,5)34(41)20-22-42(43,7)36(32)44/h9-17,32-34,36H,1,18-27H2,2-8H3,(H,47,48)/t32-,33-,34+,36+,40-,41+,42+,43-,44-/m0/s1. The van der Waals surface area contributed by atoms with Gasteiger partial charge < -0.3 is 14.7 Å².